The van der Waals surface area contributed by atoms with Gasteiger partial charge in [0.1, 0.15) is 6.29 Å². The molecule has 8 nitrogen and oxygen atoms in total. The van der Waals surface area contributed by atoms with Crippen molar-refractivity contribution < 1.29 is 22.6 Å². The lowest BCUT2D eigenvalue weighted by Gasteiger charge is -2.15. The monoisotopic (exact) mass is 264 g/mol. The highest BCUT2D eigenvalue weighted by atomic mass is 32.2. The van der Waals surface area contributed by atoms with E-state index < -0.39 is 21.4 Å². The number of nitrogens with zero attached hydrogens (tertiary/aromatic N) is 2. The highest BCUT2D eigenvalue weighted by Crippen LogP contribution is 2.06. The third-order valence-electron chi connectivity index (χ3n) is 1.87. The maximum atomic E-state index is 11.2. The predicted octanol–water partition coefficient (Wildman–Crippen LogP) is -0.430. The van der Waals surface area contributed by atoms with Gasteiger partial charge in [-0.1, -0.05) is 0 Å². The molecule has 0 aromatic rings. The Morgan fingerprint density at radius 2 is 2.12 bits per heavy atom. The van der Waals surface area contributed by atoms with E-state index >= 15 is 0 Å². The van der Waals surface area contributed by atoms with Crippen LogP contribution in [0.3, 0.4) is 0 Å². The summed E-state index contributed by atoms with van der Waals surface area (Å²) in [6.07, 6.45) is 2.07. The van der Waals surface area contributed by atoms with Gasteiger partial charge in [-0.3, -0.25) is 14.1 Å². The summed E-state index contributed by atoms with van der Waals surface area (Å²) in [6, 6.07) is 0. The van der Waals surface area contributed by atoms with Gasteiger partial charge < -0.3 is 4.90 Å². The topological polar surface area (TPSA) is 121 Å². The number of amides is 1. The Bertz CT molecular complexity index is 416. The Morgan fingerprint density at radius 1 is 1.53 bits per heavy atom. The first-order valence-electron chi connectivity index (χ1n) is 4.48. The number of hydrogen-bond donors (Lipinski definition) is 1. The van der Waals surface area contributed by atoms with Gasteiger partial charge in [0.25, 0.3) is 10.1 Å². The zero-order valence-corrected chi connectivity index (χ0v) is 9.83. The fraction of sp³-hybridized carbons (Fsp3) is 0.500. The van der Waals surface area contributed by atoms with Crippen LogP contribution in [0.4, 0.5) is 0 Å². The molecular formula is C8H12N2O6S. The van der Waals surface area contributed by atoms with Crippen molar-refractivity contribution >= 4 is 22.3 Å². The van der Waals surface area contributed by atoms with Gasteiger partial charge >= 0.3 is 0 Å². The van der Waals surface area contributed by atoms with Crippen molar-refractivity contribution in [2.75, 3.05) is 13.6 Å². The molecular weight excluding hydrogens is 252 g/mol. The van der Waals surface area contributed by atoms with Crippen LogP contribution < -0.4 is 0 Å². The van der Waals surface area contributed by atoms with E-state index in [2.05, 4.69) is 5.18 Å². The molecule has 17 heavy (non-hydrogen) atoms. The minimum absolute atomic E-state index is 0.0990. The molecule has 0 spiro atoms. The summed E-state index contributed by atoms with van der Waals surface area (Å²) < 4.78 is 29.8. The first-order chi connectivity index (χ1) is 7.82. The van der Waals surface area contributed by atoms with Crippen LogP contribution in [0.25, 0.3) is 0 Å². The van der Waals surface area contributed by atoms with Crippen LogP contribution >= 0.6 is 0 Å². The zero-order chi connectivity index (χ0) is 13.5. The molecule has 1 N–H and O–H groups in total. The van der Waals surface area contributed by atoms with Gasteiger partial charge in [-0.2, -0.15) is 8.42 Å². The van der Waals surface area contributed by atoms with Crippen molar-refractivity contribution in [3.8, 4) is 0 Å². The van der Waals surface area contributed by atoms with Gasteiger partial charge in [0.15, 0.2) is 0 Å². The molecule has 0 aromatic carbocycles. The number of carbonyl (C=O) groups is 2. The second-order valence-corrected chi connectivity index (χ2v) is 4.69. The molecule has 9 heteroatoms. The molecule has 0 radical (unpaired) electrons. The van der Waals surface area contributed by atoms with Crippen LogP contribution in [0.1, 0.15) is 6.42 Å². The second-order valence-electron chi connectivity index (χ2n) is 3.12. The molecule has 96 valence electrons. The normalized spacial score (nSPS) is 13.3. The molecule has 1 atom stereocenters. The number of rotatable bonds is 7. The van der Waals surface area contributed by atoms with E-state index in [1.807, 2.05) is 0 Å². The summed E-state index contributed by atoms with van der Waals surface area (Å²) in [7, 11) is -3.19. The smallest absolute Gasteiger partial charge is 0.291 e. The van der Waals surface area contributed by atoms with Gasteiger partial charge in [0.05, 0.1) is 0 Å². The zero-order valence-electron chi connectivity index (χ0n) is 9.01. The van der Waals surface area contributed by atoms with Crippen LogP contribution in [-0.4, -0.2) is 49.0 Å². The van der Waals surface area contributed by atoms with E-state index in [1.165, 1.54) is 7.05 Å². The molecule has 0 rings (SSSR count). The molecule has 0 aliphatic carbocycles. The number of hydrogen-bond acceptors (Lipinski definition) is 6. The Labute approximate surface area is 98.0 Å². The Kier molecular flexibility index (Phi) is 6.21. The van der Waals surface area contributed by atoms with E-state index in [4.69, 9.17) is 4.55 Å². The quantitative estimate of drug-likeness (QED) is 0.288. The summed E-state index contributed by atoms with van der Waals surface area (Å²) in [6.45, 7) is -0.0990. The average Bonchev–Trinajstić information content (AvgIpc) is 2.24. The molecule has 1 unspecified atom stereocenters. The van der Waals surface area contributed by atoms with E-state index in [1.54, 1.807) is 0 Å². The van der Waals surface area contributed by atoms with Crippen LogP contribution in [-0.2, 0) is 19.7 Å². The number of likely N-dealkylation sites (N-methyl/N-ethyl adjacent to an activating group) is 1. The van der Waals surface area contributed by atoms with Gasteiger partial charge in [-0.25, -0.2) is 0 Å². The Morgan fingerprint density at radius 3 is 2.53 bits per heavy atom. The molecule has 0 bridgehead atoms. The fourth-order valence-corrected chi connectivity index (χ4v) is 1.43. The van der Waals surface area contributed by atoms with E-state index in [0.717, 1.165) is 17.1 Å². The summed E-state index contributed by atoms with van der Waals surface area (Å²) in [5.41, 5.74) is 0. The SMILES string of the molecule is CN(CCC(N=O)S(=O)(=O)O)C(=O)/C=C\C=O. The third kappa shape index (κ3) is 5.88. The average molecular weight is 264 g/mol. The number of allylic oxidation sites excluding steroid dienone is 1. The highest BCUT2D eigenvalue weighted by Gasteiger charge is 2.24. The third-order valence-corrected chi connectivity index (χ3v) is 2.88. The van der Waals surface area contributed by atoms with Gasteiger partial charge in [-0.05, 0) is 11.3 Å². The molecule has 0 aromatic heterocycles. The maximum Gasteiger partial charge on any atom is 0.291 e. The van der Waals surface area contributed by atoms with Crippen LogP contribution in [0.15, 0.2) is 17.3 Å². The minimum Gasteiger partial charge on any atom is -0.342 e. The van der Waals surface area contributed by atoms with Gasteiger partial charge in [-0.15, -0.1) is 4.91 Å². The first kappa shape index (κ1) is 15.4. The van der Waals surface area contributed by atoms with Crippen molar-refractivity contribution in [2.45, 2.75) is 11.8 Å². The summed E-state index contributed by atoms with van der Waals surface area (Å²) >= 11 is 0. The summed E-state index contributed by atoms with van der Waals surface area (Å²) in [4.78, 5) is 32.4. The largest absolute Gasteiger partial charge is 0.342 e. The van der Waals surface area contributed by atoms with Crippen molar-refractivity contribution in [3.63, 3.8) is 0 Å². The number of carbonyl (C=O) groups excluding carboxylic acids is 2. The van der Waals surface area contributed by atoms with Crippen molar-refractivity contribution in [1.29, 1.82) is 0 Å². The van der Waals surface area contributed by atoms with Crippen LogP contribution in [0.2, 0.25) is 0 Å². The van der Waals surface area contributed by atoms with Crippen molar-refractivity contribution in [1.82, 2.24) is 4.90 Å². The Balaban J connectivity index is 4.37. The molecule has 0 aliphatic heterocycles. The lowest BCUT2D eigenvalue weighted by Crippen LogP contribution is -2.30. The minimum atomic E-state index is -4.54. The van der Waals surface area contributed by atoms with E-state index in [-0.39, 0.29) is 13.0 Å². The standard InChI is InChI=1S/C8H12N2O6S/c1-10(8(12)3-2-6-11)5-4-7(9-13)17(14,15)16/h2-3,6-7H,4-5H2,1H3,(H,14,15,16)/b3-2-. The van der Waals surface area contributed by atoms with E-state index in [0.29, 0.717) is 6.29 Å². The molecule has 1 amide bonds. The molecule has 0 heterocycles. The molecule has 0 aliphatic rings. The van der Waals surface area contributed by atoms with Crippen molar-refractivity contribution in [3.05, 3.63) is 17.1 Å². The lowest BCUT2D eigenvalue weighted by molar-refractivity contribution is -0.125. The number of nitroso groups, excluding NO2 is 1. The first-order valence-corrected chi connectivity index (χ1v) is 5.99. The summed E-state index contributed by atoms with van der Waals surface area (Å²) in [5.74, 6) is -0.530. The molecule has 0 saturated heterocycles. The summed E-state index contributed by atoms with van der Waals surface area (Å²) in [5, 5.41) is 0.454. The molecule has 0 saturated carbocycles. The number of aldehydes is 1. The predicted molar refractivity (Wildman–Crippen MR) is 58.6 cm³/mol. The Hall–Kier alpha value is -1.61. The molecule has 0 fully saturated rings. The van der Waals surface area contributed by atoms with Crippen LogP contribution in [0.5, 0.6) is 0 Å². The highest BCUT2D eigenvalue weighted by molar-refractivity contribution is 7.86. The van der Waals surface area contributed by atoms with E-state index in [9.17, 15) is 22.9 Å². The van der Waals surface area contributed by atoms with Gasteiger partial charge in [0.2, 0.25) is 11.3 Å². The van der Waals surface area contributed by atoms with Crippen LogP contribution in [0, 0.1) is 4.91 Å². The second kappa shape index (κ2) is 6.86. The maximum absolute atomic E-state index is 11.2. The lowest BCUT2D eigenvalue weighted by atomic mass is 10.3. The fourth-order valence-electron chi connectivity index (χ4n) is 0.919. The van der Waals surface area contributed by atoms with Gasteiger partial charge in [0, 0.05) is 26.1 Å². The van der Waals surface area contributed by atoms with Crippen molar-refractivity contribution in [2.24, 2.45) is 5.18 Å².